The van der Waals surface area contributed by atoms with Gasteiger partial charge in [-0.2, -0.15) is 0 Å². The van der Waals surface area contributed by atoms with Crippen LogP contribution in [0, 0.1) is 5.92 Å². The van der Waals surface area contributed by atoms with Crippen molar-refractivity contribution in [1.82, 2.24) is 15.2 Å². The summed E-state index contributed by atoms with van der Waals surface area (Å²) in [6.45, 7) is 4.29. The molecule has 0 saturated carbocycles. The third-order valence-electron chi connectivity index (χ3n) is 5.39. The monoisotopic (exact) mass is 377 g/mol. The highest BCUT2D eigenvalue weighted by molar-refractivity contribution is 5.91. The normalized spacial score (nSPS) is 15.7. The average molecular weight is 378 g/mol. The second kappa shape index (κ2) is 11.4. The summed E-state index contributed by atoms with van der Waals surface area (Å²) >= 11 is 0. The Kier molecular flexibility index (Phi) is 8.26. The van der Waals surface area contributed by atoms with Crippen molar-refractivity contribution >= 4 is 12.0 Å². The van der Waals surface area contributed by atoms with Gasteiger partial charge >= 0.3 is 0 Å². The Morgan fingerprint density at radius 1 is 1.11 bits per heavy atom. The summed E-state index contributed by atoms with van der Waals surface area (Å²) in [4.78, 5) is 18.4. The molecule has 0 radical (unpaired) electrons. The van der Waals surface area contributed by atoms with Gasteiger partial charge in [0.1, 0.15) is 0 Å². The van der Waals surface area contributed by atoms with Crippen LogP contribution in [0.1, 0.15) is 36.8 Å². The third kappa shape index (κ3) is 7.28. The van der Waals surface area contributed by atoms with E-state index in [1.54, 1.807) is 24.5 Å². The number of amides is 1. The molecular formula is C24H31N3O. The van der Waals surface area contributed by atoms with Crippen LogP contribution >= 0.6 is 0 Å². The number of hydrogen-bond acceptors (Lipinski definition) is 3. The lowest BCUT2D eigenvalue weighted by atomic mass is 9.90. The number of rotatable bonds is 9. The van der Waals surface area contributed by atoms with Gasteiger partial charge in [0.2, 0.25) is 5.91 Å². The van der Waals surface area contributed by atoms with Crippen molar-refractivity contribution in [2.75, 3.05) is 26.2 Å². The van der Waals surface area contributed by atoms with Gasteiger partial charge in [0.25, 0.3) is 0 Å². The van der Waals surface area contributed by atoms with Gasteiger partial charge in [0.15, 0.2) is 0 Å². The zero-order chi connectivity index (χ0) is 19.4. The molecule has 1 aromatic heterocycles. The molecule has 1 fully saturated rings. The van der Waals surface area contributed by atoms with Crippen LogP contribution in [-0.2, 0) is 11.2 Å². The number of aromatic nitrogens is 1. The van der Waals surface area contributed by atoms with Crippen molar-refractivity contribution in [3.63, 3.8) is 0 Å². The Morgan fingerprint density at radius 3 is 2.68 bits per heavy atom. The molecule has 2 aromatic rings. The summed E-state index contributed by atoms with van der Waals surface area (Å²) in [5.41, 5.74) is 2.41. The first-order chi connectivity index (χ1) is 13.8. The molecule has 2 heterocycles. The van der Waals surface area contributed by atoms with E-state index >= 15 is 0 Å². The maximum Gasteiger partial charge on any atom is 0.243 e. The highest BCUT2D eigenvalue weighted by Crippen LogP contribution is 2.21. The number of benzene rings is 1. The van der Waals surface area contributed by atoms with Crippen LogP contribution in [0.3, 0.4) is 0 Å². The van der Waals surface area contributed by atoms with E-state index in [2.05, 4.69) is 45.5 Å². The number of nitrogens with one attached hydrogen (secondary N) is 1. The lowest BCUT2D eigenvalue weighted by molar-refractivity contribution is -0.116. The Labute approximate surface area is 168 Å². The molecule has 0 spiro atoms. The fraction of sp³-hybridized carbons (Fsp3) is 0.417. The van der Waals surface area contributed by atoms with E-state index in [9.17, 15) is 4.79 Å². The van der Waals surface area contributed by atoms with Crippen molar-refractivity contribution in [2.24, 2.45) is 5.92 Å². The van der Waals surface area contributed by atoms with E-state index in [-0.39, 0.29) is 5.91 Å². The molecule has 0 aliphatic carbocycles. The molecule has 0 bridgehead atoms. The minimum Gasteiger partial charge on any atom is -0.353 e. The topological polar surface area (TPSA) is 45.2 Å². The van der Waals surface area contributed by atoms with Crippen LogP contribution in [0.25, 0.3) is 6.08 Å². The summed E-state index contributed by atoms with van der Waals surface area (Å²) < 4.78 is 0. The minimum absolute atomic E-state index is 0.0365. The first-order valence-corrected chi connectivity index (χ1v) is 10.4. The van der Waals surface area contributed by atoms with Gasteiger partial charge in [-0.05, 0) is 80.9 Å². The van der Waals surface area contributed by atoms with Crippen LogP contribution in [0.4, 0.5) is 0 Å². The van der Waals surface area contributed by atoms with E-state index in [1.165, 1.54) is 37.9 Å². The number of carbonyl (C=O) groups is 1. The number of unbranched alkanes of at least 4 members (excludes halogenated alkanes) is 1. The van der Waals surface area contributed by atoms with Crippen molar-refractivity contribution in [2.45, 2.75) is 32.1 Å². The van der Waals surface area contributed by atoms with Gasteiger partial charge in [0.05, 0.1) is 0 Å². The molecule has 3 rings (SSSR count). The second-order valence-corrected chi connectivity index (χ2v) is 7.59. The molecule has 28 heavy (non-hydrogen) atoms. The van der Waals surface area contributed by atoms with Crippen LogP contribution in [-0.4, -0.2) is 42.0 Å². The molecular weight excluding hydrogens is 346 g/mol. The van der Waals surface area contributed by atoms with E-state index < -0.39 is 0 Å². The Hall–Kier alpha value is -2.46. The number of nitrogens with zero attached hydrogens (tertiary/aromatic N) is 2. The Bertz CT molecular complexity index is 722. The molecule has 1 saturated heterocycles. The number of likely N-dealkylation sites (tertiary alicyclic amines) is 1. The Balaban J connectivity index is 1.23. The number of hydrogen-bond donors (Lipinski definition) is 1. The van der Waals surface area contributed by atoms with E-state index in [0.29, 0.717) is 0 Å². The standard InChI is InChI=1S/C24H31N3O/c28-24(11-10-23-9-6-14-25-20-23)26-15-4-5-16-27-17-12-22(13-18-27)19-21-7-2-1-3-8-21/h1-3,6-11,14,20,22H,4-5,12-13,15-19H2,(H,26,28)/b11-10+. The predicted octanol–water partition coefficient (Wildman–Crippen LogP) is 3.95. The third-order valence-corrected chi connectivity index (χ3v) is 5.39. The fourth-order valence-electron chi connectivity index (χ4n) is 3.74. The number of carbonyl (C=O) groups excluding carboxylic acids is 1. The summed E-state index contributed by atoms with van der Waals surface area (Å²) in [7, 11) is 0. The zero-order valence-corrected chi connectivity index (χ0v) is 16.6. The first-order valence-electron chi connectivity index (χ1n) is 10.4. The van der Waals surface area contributed by atoms with Crippen molar-refractivity contribution in [3.05, 3.63) is 72.1 Å². The summed E-state index contributed by atoms with van der Waals surface area (Å²) in [5, 5.41) is 2.96. The van der Waals surface area contributed by atoms with Crippen molar-refractivity contribution < 1.29 is 4.79 Å². The van der Waals surface area contributed by atoms with E-state index in [4.69, 9.17) is 0 Å². The maximum atomic E-state index is 11.8. The lowest BCUT2D eigenvalue weighted by Gasteiger charge is -2.32. The quantitative estimate of drug-likeness (QED) is 0.532. The average Bonchev–Trinajstić information content (AvgIpc) is 2.75. The molecule has 1 aliphatic heterocycles. The van der Waals surface area contributed by atoms with Crippen molar-refractivity contribution in [1.29, 1.82) is 0 Å². The molecule has 4 nitrogen and oxygen atoms in total. The van der Waals surface area contributed by atoms with Gasteiger partial charge in [-0.15, -0.1) is 0 Å². The minimum atomic E-state index is -0.0365. The van der Waals surface area contributed by atoms with Gasteiger partial charge < -0.3 is 10.2 Å². The SMILES string of the molecule is O=C(/C=C/c1cccnc1)NCCCCN1CCC(Cc2ccccc2)CC1. The molecule has 1 aromatic carbocycles. The van der Waals surface area contributed by atoms with E-state index in [0.717, 1.165) is 37.4 Å². The number of piperidine rings is 1. The zero-order valence-electron chi connectivity index (χ0n) is 16.6. The number of pyridine rings is 1. The summed E-state index contributed by atoms with van der Waals surface area (Å²) in [6.07, 6.45) is 12.8. The summed E-state index contributed by atoms with van der Waals surface area (Å²) in [6, 6.07) is 14.6. The van der Waals surface area contributed by atoms with Crippen LogP contribution in [0.5, 0.6) is 0 Å². The highest BCUT2D eigenvalue weighted by atomic mass is 16.1. The highest BCUT2D eigenvalue weighted by Gasteiger charge is 2.18. The Morgan fingerprint density at radius 2 is 1.93 bits per heavy atom. The molecule has 1 aliphatic rings. The van der Waals surface area contributed by atoms with Crippen LogP contribution < -0.4 is 5.32 Å². The van der Waals surface area contributed by atoms with Gasteiger partial charge in [-0.3, -0.25) is 9.78 Å². The fourth-order valence-corrected chi connectivity index (χ4v) is 3.74. The molecule has 148 valence electrons. The molecule has 1 amide bonds. The second-order valence-electron chi connectivity index (χ2n) is 7.59. The van der Waals surface area contributed by atoms with Crippen LogP contribution in [0.15, 0.2) is 60.9 Å². The molecule has 0 atom stereocenters. The van der Waals surface area contributed by atoms with Gasteiger partial charge in [-0.1, -0.05) is 36.4 Å². The van der Waals surface area contributed by atoms with Crippen molar-refractivity contribution in [3.8, 4) is 0 Å². The van der Waals surface area contributed by atoms with Gasteiger partial charge in [0, 0.05) is 25.0 Å². The smallest absolute Gasteiger partial charge is 0.243 e. The molecule has 0 unspecified atom stereocenters. The molecule has 4 heteroatoms. The molecule has 1 N–H and O–H groups in total. The van der Waals surface area contributed by atoms with Crippen LogP contribution in [0.2, 0.25) is 0 Å². The predicted molar refractivity (Wildman–Crippen MR) is 115 cm³/mol. The van der Waals surface area contributed by atoms with E-state index in [1.807, 2.05) is 12.1 Å². The first kappa shape index (κ1) is 20.3. The lowest BCUT2D eigenvalue weighted by Crippen LogP contribution is -2.35. The van der Waals surface area contributed by atoms with Gasteiger partial charge in [-0.25, -0.2) is 0 Å². The summed E-state index contributed by atoms with van der Waals surface area (Å²) in [5.74, 6) is 0.787. The largest absolute Gasteiger partial charge is 0.353 e. The maximum absolute atomic E-state index is 11.8.